The molecule has 0 radical (unpaired) electrons. The molecule has 2 atom stereocenters. The first-order chi connectivity index (χ1) is 5.42. The minimum atomic E-state index is 0.493. The molecule has 2 unspecified atom stereocenters. The van der Waals surface area contributed by atoms with E-state index in [-0.39, 0.29) is 0 Å². The van der Waals surface area contributed by atoms with Crippen molar-refractivity contribution in [1.29, 1.82) is 5.26 Å². The fraction of sp³-hybridized carbons (Fsp3) is 0.875. The Morgan fingerprint density at radius 1 is 1.27 bits per heavy atom. The summed E-state index contributed by atoms with van der Waals surface area (Å²) in [6.07, 6.45) is 5.98. The van der Waals surface area contributed by atoms with Crippen LogP contribution in [0.3, 0.4) is 0 Å². The molecule has 2 aliphatic heterocycles. The summed E-state index contributed by atoms with van der Waals surface area (Å²) < 4.78 is 0. The number of hydrogen-bond donors (Lipinski definition) is 1. The van der Waals surface area contributed by atoms with Gasteiger partial charge in [-0.25, -0.2) is 0 Å². The number of hydrogen-bond acceptors (Lipinski definition) is 3. The Hall–Kier alpha value is -0.750. The van der Waals surface area contributed by atoms with Gasteiger partial charge in [0.2, 0.25) is 0 Å². The van der Waals surface area contributed by atoms with Crippen LogP contribution < -0.4 is 5.32 Å². The summed E-state index contributed by atoms with van der Waals surface area (Å²) in [5, 5.41) is 12.2. The minimum absolute atomic E-state index is 0.493. The van der Waals surface area contributed by atoms with Crippen molar-refractivity contribution in [2.75, 3.05) is 13.1 Å². The number of piperazine rings is 1. The van der Waals surface area contributed by atoms with Gasteiger partial charge in [-0.15, -0.1) is 0 Å². The molecule has 11 heavy (non-hydrogen) atoms. The number of rotatable bonds is 0. The van der Waals surface area contributed by atoms with Crippen LogP contribution in [0.2, 0.25) is 0 Å². The van der Waals surface area contributed by atoms with Crippen molar-refractivity contribution >= 4 is 0 Å². The van der Waals surface area contributed by atoms with Crippen LogP contribution in [0.4, 0.5) is 0 Å². The van der Waals surface area contributed by atoms with E-state index in [0.717, 1.165) is 13.1 Å². The van der Waals surface area contributed by atoms with Crippen LogP contribution in [0, 0.1) is 11.5 Å². The Morgan fingerprint density at radius 3 is 2.36 bits per heavy atom. The molecule has 0 aromatic rings. The number of nitriles is 1. The van der Waals surface area contributed by atoms with Gasteiger partial charge in [-0.05, 0) is 19.3 Å². The lowest BCUT2D eigenvalue weighted by atomic mass is 9.93. The van der Waals surface area contributed by atoms with Gasteiger partial charge < -0.3 is 10.2 Å². The summed E-state index contributed by atoms with van der Waals surface area (Å²) in [4.78, 5) is 1.99. The van der Waals surface area contributed by atoms with E-state index in [1.54, 1.807) is 0 Å². The molecule has 2 fully saturated rings. The lowest BCUT2D eigenvalue weighted by Crippen LogP contribution is -2.57. The molecule has 2 heterocycles. The van der Waals surface area contributed by atoms with E-state index < -0.39 is 0 Å². The van der Waals surface area contributed by atoms with E-state index in [9.17, 15) is 0 Å². The van der Waals surface area contributed by atoms with E-state index in [1.165, 1.54) is 19.3 Å². The molecule has 2 aliphatic rings. The number of nitrogens with zero attached hydrogens (tertiary/aromatic N) is 2. The minimum Gasteiger partial charge on any atom is -0.313 e. The third-order valence-corrected chi connectivity index (χ3v) is 2.74. The molecular formula is C8H13N3. The lowest BCUT2D eigenvalue weighted by molar-refractivity contribution is 0.112. The maximum absolute atomic E-state index is 8.85. The van der Waals surface area contributed by atoms with E-state index in [2.05, 4.69) is 11.5 Å². The second-order valence-corrected chi connectivity index (χ2v) is 3.40. The molecule has 3 nitrogen and oxygen atoms in total. The molecule has 0 aromatic heterocycles. The standard InChI is InChI=1S/C8H13N3/c9-6-11-7-2-1-3-8(11)5-10-4-7/h7-8,10H,1-5H2. The third-order valence-electron chi connectivity index (χ3n) is 2.74. The second kappa shape index (κ2) is 2.71. The highest BCUT2D eigenvalue weighted by Crippen LogP contribution is 2.23. The summed E-state index contributed by atoms with van der Waals surface area (Å²) in [5.41, 5.74) is 0. The van der Waals surface area contributed by atoms with Crippen LogP contribution in [-0.2, 0) is 0 Å². The average Bonchev–Trinajstić information content (AvgIpc) is 2.03. The van der Waals surface area contributed by atoms with E-state index in [0.29, 0.717) is 12.1 Å². The maximum Gasteiger partial charge on any atom is 0.179 e. The summed E-state index contributed by atoms with van der Waals surface area (Å²) in [6, 6.07) is 0.986. The van der Waals surface area contributed by atoms with E-state index >= 15 is 0 Å². The highest BCUT2D eigenvalue weighted by atomic mass is 15.2. The van der Waals surface area contributed by atoms with Crippen molar-refractivity contribution in [3.63, 3.8) is 0 Å². The fourth-order valence-electron chi connectivity index (χ4n) is 2.15. The fourth-order valence-corrected chi connectivity index (χ4v) is 2.15. The predicted molar refractivity (Wildman–Crippen MR) is 41.7 cm³/mol. The van der Waals surface area contributed by atoms with Gasteiger partial charge in [0.05, 0.1) is 12.1 Å². The normalized spacial score (nSPS) is 36.5. The summed E-state index contributed by atoms with van der Waals surface area (Å²) in [7, 11) is 0. The zero-order valence-electron chi connectivity index (χ0n) is 6.58. The Morgan fingerprint density at radius 2 is 1.91 bits per heavy atom. The predicted octanol–water partition coefficient (Wildman–Crippen LogP) is 0.294. The monoisotopic (exact) mass is 151 g/mol. The van der Waals surface area contributed by atoms with Gasteiger partial charge in [-0.1, -0.05) is 0 Å². The molecule has 0 spiro atoms. The Balaban J connectivity index is 2.12. The Bertz CT molecular complexity index is 162. The van der Waals surface area contributed by atoms with Gasteiger partial charge in [-0.3, -0.25) is 0 Å². The summed E-state index contributed by atoms with van der Waals surface area (Å²) in [5.74, 6) is 0. The quantitative estimate of drug-likeness (QED) is 0.506. The van der Waals surface area contributed by atoms with Crippen LogP contribution in [0.5, 0.6) is 0 Å². The highest BCUT2D eigenvalue weighted by Gasteiger charge is 2.32. The zero-order chi connectivity index (χ0) is 7.68. The summed E-state index contributed by atoms with van der Waals surface area (Å²) in [6.45, 7) is 2.01. The molecule has 0 aromatic carbocycles. The van der Waals surface area contributed by atoms with E-state index in [4.69, 9.17) is 5.26 Å². The van der Waals surface area contributed by atoms with Crippen LogP contribution >= 0.6 is 0 Å². The number of piperidine rings is 1. The number of nitrogens with one attached hydrogen (secondary N) is 1. The smallest absolute Gasteiger partial charge is 0.179 e. The van der Waals surface area contributed by atoms with Gasteiger partial charge in [-0.2, -0.15) is 5.26 Å². The topological polar surface area (TPSA) is 39.1 Å². The van der Waals surface area contributed by atoms with Crippen molar-refractivity contribution in [2.45, 2.75) is 31.3 Å². The molecule has 3 heteroatoms. The Kier molecular flexibility index (Phi) is 1.71. The van der Waals surface area contributed by atoms with Crippen LogP contribution in [0.1, 0.15) is 19.3 Å². The van der Waals surface area contributed by atoms with Gasteiger partial charge in [0.1, 0.15) is 0 Å². The lowest BCUT2D eigenvalue weighted by Gasteiger charge is -2.42. The van der Waals surface area contributed by atoms with Gasteiger partial charge >= 0.3 is 0 Å². The van der Waals surface area contributed by atoms with Crippen molar-refractivity contribution in [1.82, 2.24) is 10.2 Å². The second-order valence-electron chi connectivity index (χ2n) is 3.40. The van der Waals surface area contributed by atoms with Crippen LogP contribution in [0.25, 0.3) is 0 Å². The first-order valence-corrected chi connectivity index (χ1v) is 4.30. The largest absolute Gasteiger partial charge is 0.313 e. The first kappa shape index (κ1) is 6.93. The molecule has 0 aliphatic carbocycles. The maximum atomic E-state index is 8.85. The molecule has 0 saturated carbocycles. The Labute approximate surface area is 67.0 Å². The van der Waals surface area contributed by atoms with Crippen molar-refractivity contribution in [3.05, 3.63) is 0 Å². The molecule has 2 bridgehead atoms. The molecule has 2 rings (SSSR count). The van der Waals surface area contributed by atoms with Crippen molar-refractivity contribution in [3.8, 4) is 6.19 Å². The van der Waals surface area contributed by atoms with Gasteiger partial charge in [0.25, 0.3) is 0 Å². The number of fused-ring (bicyclic) bond motifs is 2. The average molecular weight is 151 g/mol. The van der Waals surface area contributed by atoms with Crippen LogP contribution in [-0.4, -0.2) is 30.1 Å². The molecule has 1 N–H and O–H groups in total. The first-order valence-electron chi connectivity index (χ1n) is 4.30. The molecular weight excluding hydrogens is 138 g/mol. The van der Waals surface area contributed by atoms with E-state index in [1.807, 2.05) is 4.90 Å². The molecule has 0 amide bonds. The highest BCUT2D eigenvalue weighted by molar-refractivity contribution is 4.97. The molecule has 60 valence electrons. The van der Waals surface area contributed by atoms with Crippen molar-refractivity contribution in [2.24, 2.45) is 0 Å². The van der Waals surface area contributed by atoms with Crippen LogP contribution in [0.15, 0.2) is 0 Å². The summed E-state index contributed by atoms with van der Waals surface area (Å²) >= 11 is 0. The van der Waals surface area contributed by atoms with Crippen molar-refractivity contribution < 1.29 is 0 Å². The zero-order valence-corrected chi connectivity index (χ0v) is 6.58. The SMILES string of the molecule is N#CN1C2CCCC1CNC2. The van der Waals surface area contributed by atoms with Gasteiger partial charge in [0.15, 0.2) is 6.19 Å². The molecule has 2 saturated heterocycles. The third kappa shape index (κ3) is 1.08. The van der Waals surface area contributed by atoms with Gasteiger partial charge in [0, 0.05) is 13.1 Å².